The lowest BCUT2D eigenvalue weighted by atomic mass is 10.1. The maximum atomic E-state index is 12.9. The Morgan fingerprint density at radius 2 is 1.77 bits per heavy atom. The molecule has 22 heavy (non-hydrogen) atoms. The molecule has 0 spiro atoms. The van der Waals surface area contributed by atoms with E-state index in [-0.39, 0.29) is 24.3 Å². The van der Waals surface area contributed by atoms with Crippen LogP contribution in [0.25, 0.3) is 0 Å². The summed E-state index contributed by atoms with van der Waals surface area (Å²) >= 11 is 5.81. The number of rotatable bonds is 6. The summed E-state index contributed by atoms with van der Waals surface area (Å²) in [5, 5.41) is 6.61. The molecule has 1 unspecified atom stereocenters. The minimum absolute atomic E-state index is 0.0260. The molecule has 2 rings (SSSR count). The molecule has 0 aromatic heterocycles. The molecule has 0 aliphatic carbocycles. The van der Waals surface area contributed by atoms with Crippen LogP contribution in [-0.2, 0) is 11.3 Å². The number of halogens is 2. The van der Waals surface area contributed by atoms with E-state index in [2.05, 4.69) is 10.6 Å². The van der Waals surface area contributed by atoms with Crippen LogP contribution in [0.4, 0.5) is 4.39 Å². The molecular weight excluding hydrogens is 303 g/mol. The molecule has 0 fully saturated rings. The van der Waals surface area contributed by atoms with Crippen molar-refractivity contribution in [3.63, 3.8) is 0 Å². The van der Waals surface area contributed by atoms with Crippen LogP contribution in [0.15, 0.2) is 48.5 Å². The predicted molar refractivity (Wildman–Crippen MR) is 86.1 cm³/mol. The highest BCUT2D eigenvalue weighted by Gasteiger charge is 2.07. The highest BCUT2D eigenvalue weighted by Crippen LogP contribution is 2.12. The van der Waals surface area contributed by atoms with E-state index in [1.807, 2.05) is 19.1 Å². The van der Waals surface area contributed by atoms with Gasteiger partial charge in [0.05, 0.1) is 6.54 Å². The molecule has 0 radical (unpaired) electrons. The molecule has 0 aliphatic rings. The van der Waals surface area contributed by atoms with Crippen LogP contribution in [0.5, 0.6) is 0 Å². The molecule has 2 N–H and O–H groups in total. The van der Waals surface area contributed by atoms with Gasteiger partial charge in [0.2, 0.25) is 5.91 Å². The van der Waals surface area contributed by atoms with Crippen molar-refractivity contribution in [3.8, 4) is 0 Å². The monoisotopic (exact) mass is 320 g/mol. The van der Waals surface area contributed by atoms with Crippen LogP contribution in [0.1, 0.15) is 24.1 Å². The van der Waals surface area contributed by atoms with Gasteiger partial charge in [-0.25, -0.2) is 4.39 Å². The van der Waals surface area contributed by atoms with Crippen molar-refractivity contribution in [2.45, 2.75) is 19.5 Å². The highest BCUT2D eigenvalue weighted by atomic mass is 35.5. The number of benzene rings is 2. The normalized spacial score (nSPS) is 12.0. The Hall–Kier alpha value is -1.91. The Morgan fingerprint density at radius 3 is 2.41 bits per heavy atom. The van der Waals surface area contributed by atoms with Gasteiger partial charge in [-0.15, -0.1) is 0 Å². The fraction of sp³-hybridized carbons (Fsp3) is 0.235. The van der Waals surface area contributed by atoms with Crippen molar-refractivity contribution < 1.29 is 9.18 Å². The van der Waals surface area contributed by atoms with E-state index in [0.717, 1.165) is 11.1 Å². The zero-order chi connectivity index (χ0) is 15.9. The van der Waals surface area contributed by atoms with Gasteiger partial charge in [0.1, 0.15) is 5.82 Å². The van der Waals surface area contributed by atoms with E-state index >= 15 is 0 Å². The molecule has 1 atom stereocenters. The summed E-state index contributed by atoms with van der Waals surface area (Å²) in [4.78, 5) is 11.8. The van der Waals surface area contributed by atoms with E-state index < -0.39 is 0 Å². The molecule has 0 bridgehead atoms. The summed E-state index contributed by atoms with van der Waals surface area (Å²) in [7, 11) is 0. The van der Waals surface area contributed by atoms with Gasteiger partial charge < -0.3 is 10.6 Å². The quantitative estimate of drug-likeness (QED) is 0.856. The van der Waals surface area contributed by atoms with Crippen LogP contribution >= 0.6 is 11.6 Å². The van der Waals surface area contributed by atoms with Crippen molar-refractivity contribution in [1.82, 2.24) is 10.6 Å². The molecular formula is C17H18ClFN2O. The molecule has 2 aromatic carbocycles. The average Bonchev–Trinajstić information content (AvgIpc) is 2.52. The third-order valence-electron chi connectivity index (χ3n) is 3.34. The molecule has 5 heteroatoms. The summed E-state index contributed by atoms with van der Waals surface area (Å²) in [5.41, 5.74) is 1.93. The lowest BCUT2D eigenvalue weighted by Crippen LogP contribution is -2.34. The first kappa shape index (κ1) is 16.5. The number of carbonyl (C=O) groups excluding carboxylic acids is 1. The maximum Gasteiger partial charge on any atom is 0.234 e. The van der Waals surface area contributed by atoms with E-state index in [0.29, 0.717) is 11.6 Å². The van der Waals surface area contributed by atoms with Gasteiger partial charge in [-0.1, -0.05) is 35.9 Å². The fourth-order valence-corrected chi connectivity index (χ4v) is 2.11. The van der Waals surface area contributed by atoms with E-state index in [9.17, 15) is 9.18 Å². The summed E-state index contributed by atoms with van der Waals surface area (Å²) in [6.07, 6.45) is 0. The lowest BCUT2D eigenvalue weighted by Gasteiger charge is -2.14. The summed E-state index contributed by atoms with van der Waals surface area (Å²) in [6, 6.07) is 13.5. The fourth-order valence-electron chi connectivity index (χ4n) is 1.98. The van der Waals surface area contributed by atoms with Gasteiger partial charge >= 0.3 is 0 Å². The van der Waals surface area contributed by atoms with E-state index in [1.54, 1.807) is 24.3 Å². The first-order valence-corrected chi connectivity index (χ1v) is 7.42. The van der Waals surface area contributed by atoms with Gasteiger partial charge in [-0.2, -0.15) is 0 Å². The van der Waals surface area contributed by atoms with E-state index in [1.165, 1.54) is 12.1 Å². The predicted octanol–water partition coefficient (Wildman–Crippen LogP) is 3.45. The number of nitrogens with one attached hydrogen (secondary N) is 2. The molecule has 0 aliphatic heterocycles. The third-order valence-corrected chi connectivity index (χ3v) is 3.59. The Morgan fingerprint density at radius 1 is 1.14 bits per heavy atom. The van der Waals surface area contributed by atoms with Crippen molar-refractivity contribution in [3.05, 3.63) is 70.5 Å². The van der Waals surface area contributed by atoms with Gasteiger partial charge in [0.15, 0.2) is 0 Å². The number of carbonyl (C=O) groups is 1. The van der Waals surface area contributed by atoms with Crippen molar-refractivity contribution in [1.29, 1.82) is 0 Å². The standard InChI is InChI=1S/C17H18ClFN2O/c1-12(14-4-8-16(19)9-5-14)20-11-17(22)21-10-13-2-6-15(18)7-3-13/h2-9,12,20H,10-11H2,1H3,(H,21,22). The second-order valence-corrected chi connectivity index (χ2v) is 5.49. The van der Waals surface area contributed by atoms with Crippen molar-refractivity contribution in [2.75, 3.05) is 6.54 Å². The second kappa shape index (κ2) is 7.92. The average molecular weight is 321 g/mol. The van der Waals surface area contributed by atoms with Crippen LogP contribution < -0.4 is 10.6 Å². The first-order valence-electron chi connectivity index (χ1n) is 7.04. The van der Waals surface area contributed by atoms with Crippen LogP contribution in [-0.4, -0.2) is 12.5 Å². The molecule has 3 nitrogen and oxygen atoms in total. The molecule has 0 saturated heterocycles. The molecule has 2 aromatic rings. The highest BCUT2D eigenvalue weighted by molar-refractivity contribution is 6.30. The second-order valence-electron chi connectivity index (χ2n) is 5.06. The number of hydrogen-bond acceptors (Lipinski definition) is 2. The zero-order valence-electron chi connectivity index (χ0n) is 12.3. The smallest absolute Gasteiger partial charge is 0.234 e. The Labute approximate surface area is 134 Å². The molecule has 0 heterocycles. The first-order chi connectivity index (χ1) is 10.5. The number of hydrogen-bond donors (Lipinski definition) is 2. The Bertz CT molecular complexity index is 614. The maximum absolute atomic E-state index is 12.9. The van der Waals surface area contributed by atoms with Crippen LogP contribution in [0.3, 0.4) is 0 Å². The molecule has 1 amide bonds. The third kappa shape index (κ3) is 5.13. The largest absolute Gasteiger partial charge is 0.351 e. The number of amides is 1. The summed E-state index contributed by atoms with van der Waals surface area (Å²) in [5.74, 6) is -0.361. The van der Waals surface area contributed by atoms with E-state index in [4.69, 9.17) is 11.6 Å². The van der Waals surface area contributed by atoms with Crippen LogP contribution in [0.2, 0.25) is 5.02 Å². The van der Waals surface area contributed by atoms with Gasteiger partial charge in [0.25, 0.3) is 0 Å². The summed E-state index contributed by atoms with van der Waals surface area (Å²) < 4.78 is 12.9. The van der Waals surface area contributed by atoms with Crippen molar-refractivity contribution in [2.24, 2.45) is 0 Å². The van der Waals surface area contributed by atoms with Crippen LogP contribution in [0, 0.1) is 5.82 Å². The molecule has 116 valence electrons. The zero-order valence-corrected chi connectivity index (χ0v) is 13.0. The Balaban J connectivity index is 1.75. The lowest BCUT2D eigenvalue weighted by molar-refractivity contribution is -0.120. The minimum atomic E-state index is -0.267. The van der Waals surface area contributed by atoms with Gasteiger partial charge in [0, 0.05) is 17.6 Å². The minimum Gasteiger partial charge on any atom is -0.351 e. The summed E-state index contributed by atoms with van der Waals surface area (Å²) in [6.45, 7) is 2.59. The topological polar surface area (TPSA) is 41.1 Å². The SMILES string of the molecule is CC(NCC(=O)NCc1ccc(Cl)cc1)c1ccc(F)cc1. The van der Waals surface area contributed by atoms with Gasteiger partial charge in [-0.3, -0.25) is 4.79 Å². The van der Waals surface area contributed by atoms with Gasteiger partial charge in [-0.05, 0) is 42.3 Å². The molecule has 0 saturated carbocycles. The Kier molecular flexibility index (Phi) is 5.92. The van der Waals surface area contributed by atoms with Crippen molar-refractivity contribution >= 4 is 17.5 Å².